The van der Waals surface area contributed by atoms with E-state index in [1.54, 1.807) is 6.07 Å². The Balaban J connectivity index is 1.41. The quantitative estimate of drug-likeness (QED) is 0.422. The van der Waals surface area contributed by atoms with E-state index in [1.807, 2.05) is 24.3 Å². The van der Waals surface area contributed by atoms with Gasteiger partial charge in [-0.05, 0) is 60.7 Å². The Morgan fingerprint density at radius 2 is 1.54 bits per heavy atom. The van der Waals surface area contributed by atoms with Crippen LogP contribution in [0.25, 0.3) is 0 Å². The van der Waals surface area contributed by atoms with Gasteiger partial charge in [0.2, 0.25) is 0 Å². The molecule has 0 aromatic heterocycles. The molecule has 3 aromatic rings. The summed E-state index contributed by atoms with van der Waals surface area (Å²) in [5.74, 6) is 0.840. The molecule has 0 amide bonds. The minimum absolute atomic E-state index is 0.463. The van der Waals surface area contributed by atoms with Gasteiger partial charge in [0.05, 0.1) is 10.0 Å². The number of benzene rings is 3. The molecular formula is C24H25Cl2NO. The van der Waals surface area contributed by atoms with Crippen molar-refractivity contribution in [1.82, 2.24) is 5.32 Å². The van der Waals surface area contributed by atoms with Crippen LogP contribution in [0.3, 0.4) is 0 Å². The van der Waals surface area contributed by atoms with Gasteiger partial charge in [-0.15, -0.1) is 0 Å². The lowest BCUT2D eigenvalue weighted by Gasteiger charge is -2.14. The zero-order valence-electron chi connectivity index (χ0n) is 16.0. The predicted octanol–water partition coefficient (Wildman–Crippen LogP) is 6.68. The smallest absolute Gasteiger partial charge is 0.119 e. The Morgan fingerprint density at radius 3 is 2.25 bits per heavy atom. The summed E-state index contributed by atoms with van der Waals surface area (Å²) in [6.45, 7) is 3.55. The van der Waals surface area contributed by atoms with Crippen molar-refractivity contribution in [2.24, 2.45) is 0 Å². The molecule has 0 spiro atoms. The molecule has 0 heterocycles. The van der Waals surface area contributed by atoms with E-state index >= 15 is 0 Å². The van der Waals surface area contributed by atoms with Gasteiger partial charge in [0.25, 0.3) is 0 Å². The van der Waals surface area contributed by atoms with E-state index in [0.29, 0.717) is 22.7 Å². The van der Waals surface area contributed by atoms with Crippen LogP contribution in [0, 0.1) is 0 Å². The molecule has 0 aliphatic heterocycles. The molecule has 0 saturated heterocycles. The first-order chi connectivity index (χ1) is 13.6. The zero-order chi connectivity index (χ0) is 19.8. The first-order valence-corrected chi connectivity index (χ1v) is 10.3. The Labute approximate surface area is 177 Å². The summed E-state index contributed by atoms with van der Waals surface area (Å²) in [6, 6.07) is 24.8. The van der Waals surface area contributed by atoms with Crippen LogP contribution in [0.15, 0.2) is 72.8 Å². The van der Waals surface area contributed by atoms with Gasteiger partial charge >= 0.3 is 0 Å². The second kappa shape index (κ2) is 10.5. The third-order valence-corrected chi connectivity index (χ3v) is 5.42. The summed E-state index contributed by atoms with van der Waals surface area (Å²) in [5, 5.41) is 4.69. The second-order valence-corrected chi connectivity index (χ2v) is 7.80. The van der Waals surface area contributed by atoms with Crippen molar-refractivity contribution in [3.63, 3.8) is 0 Å². The molecule has 0 unspecified atom stereocenters. The van der Waals surface area contributed by atoms with Crippen molar-refractivity contribution in [3.05, 3.63) is 99.5 Å². The molecule has 1 N–H and O–H groups in total. The van der Waals surface area contributed by atoms with Gasteiger partial charge in [0.15, 0.2) is 0 Å². The summed E-state index contributed by atoms with van der Waals surface area (Å²) < 4.78 is 5.83. The Morgan fingerprint density at radius 1 is 0.821 bits per heavy atom. The third kappa shape index (κ3) is 6.56. The molecule has 3 rings (SSSR count). The summed E-state index contributed by atoms with van der Waals surface area (Å²) in [6.07, 6.45) is 2.21. The molecule has 4 heteroatoms. The topological polar surface area (TPSA) is 21.3 Å². The summed E-state index contributed by atoms with van der Waals surface area (Å²) in [7, 11) is 0. The van der Waals surface area contributed by atoms with E-state index in [0.717, 1.165) is 30.7 Å². The van der Waals surface area contributed by atoms with Crippen LogP contribution in [0.5, 0.6) is 5.75 Å². The number of rotatable bonds is 9. The monoisotopic (exact) mass is 413 g/mol. The van der Waals surface area contributed by atoms with E-state index in [9.17, 15) is 0 Å². The molecular weight excluding hydrogens is 389 g/mol. The number of hydrogen-bond donors (Lipinski definition) is 1. The fraction of sp³-hybridized carbons (Fsp3) is 0.250. The SMILES string of the molecule is C[C@H](CCc1ccccc1)NCc1ccc(OCc2ccc(Cl)c(Cl)c2)cc1. The number of ether oxygens (including phenoxy) is 1. The summed E-state index contributed by atoms with van der Waals surface area (Å²) in [5.41, 5.74) is 3.63. The molecule has 0 radical (unpaired) electrons. The molecule has 3 aromatic carbocycles. The van der Waals surface area contributed by atoms with Gasteiger partial charge < -0.3 is 10.1 Å². The van der Waals surface area contributed by atoms with E-state index in [1.165, 1.54) is 11.1 Å². The van der Waals surface area contributed by atoms with Gasteiger partial charge in [-0.2, -0.15) is 0 Å². The summed E-state index contributed by atoms with van der Waals surface area (Å²) >= 11 is 12.0. The molecule has 28 heavy (non-hydrogen) atoms. The first kappa shape index (κ1) is 20.7. The van der Waals surface area contributed by atoms with Gasteiger partial charge in [-0.3, -0.25) is 0 Å². The molecule has 0 aliphatic rings. The van der Waals surface area contributed by atoms with Crippen molar-refractivity contribution in [1.29, 1.82) is 0 Å². The largest absolute Gasteiger partial charge is 0.489 e. The standard InChI is InChI=1S/C24H25Cl2NO/c1-18(7-8-19-5-3-2-4-6-19)27-16-20-9-12-22(13-10-20)28-17-21-11-14-23(25)24(26)15-21/h2-6,9-15,18,27H,7-8,16-17H2,1H3/t18-/m1/s1. The zero-order valence-corrected chi connectivity index (χ0v) is 17.5. The van der Waals surface area contributed by atoms with Crippen molar-refractivity contribution in [2.75, 3.05) is 0 Å². The highest BCUT2D eigenvalue weighted by Gasteiger charge is 2.04. The Kier molecular flexibility index (Phi) is 7.79. The molecule has 0 aliphatic carbocycles. The number of hydrogen-bond acceptors (Lipinski definition) is 2. The van der Waals surface area contributed by atoms with E-state index in [4.69, 9.17) is 27.9 Å². The Bertz CT molecular complexity index is 866. The maximum atomic E-state index is 6.04. The fourth-order valence-electron chi connectivity index (χ4n) is 2.92. The third-order valence-electron chi connectivity index (χ3n) is 4.68. The van der Waals surface area contributed by atoms with Crippen LogP contribution in [0.1, 0.15) is 30.0 Å². The highest BCUT2D eigenvalue weighted by atomic mass is 35.5. The van der Waals surface area contributed by atoms with E-state index in [2.05, 4.69) is 54.7 Å². The highest BCUT2D eigenvalue weighted by Crippen LogP contribution is 2.23. The van der Waals surface area contributed by atoms with Crippen molar-refractivity contribution < 1.29 is 4.74 Å². The van der Waals surface area contributed by atoms with Crippen molar-refractivity contribution >= 4 is 23.2 Å². The molecule has 0 saturated carbocycles. The molecule has 146 valence electrons. The molecule has 2 nitrogen and oxygen atoms in total. The second-order valence-electron chi connectivity index (χ2n) is 6.99. The van der Waals surface area contributed by atoms with Crippen LogP contribution >= 0.6 is 23.2 Å². The Hall–Kier alpha value is -2.00. The minimum atomic E-state index is 0.463. The normalized spacial score (nSPS) is 12.0. The average Bonchev–Trinajstić information content (AvgIpc) is 2.73. The van der Waals surface area contributed by atoms with Gasteiger partial charge in [0.1, 0.15) is 12.4 Å². The molecule has 1 atom stereocenters. The van der Waals surface area contributed by atoms with E-state index < -0.39 is 0 Å². The lowest BCUT2D eigenvalue weighted by atomic mass is 10.1. The predicted molar refractivity (Wildman–Crippen MR) is 118 cm³/mol. The number of aryl methyl sites for hydroxylation is 1. The van der Waals surface area contributed by atoms with Crippen LogP contribution in [0.4, 0.5) is 0 Å². The molecule has 0 fully saturated rings. The van der Waals surface area contributed by atoms with Crippen LogP contribution in [-0.4, -0.2) is 6.04 Å². The van der Waals surface area contributed by atoms with Gasteiger partial charge in [0, 0.05) is 12.6 Å². The fourth-order valence-corrected chi connectivity index (χ4v) is 3.24. The maximum Gasteiger partial charge on any atom is 0.119 e. The van der Waals surface area contributed by atoms with Gasteiger partial charge in [-0.25, -0.2) is 0 Å². The first-order valence-electron chi connectivity index (χ1n) is 9.53. The number of nitrogens with one attached hydrogen (secondary N) is 1. The lowest BCUT2D eigenvalue weighted by Crippen LogP contribution is -2.25. The van der Waals surface area contributed by atoms with E-state index in [-0.39, 0.29) is 0 Å². The van der Waals surface area contributed by atoms with Crippen molar-refractivity contribution in [2.45, 2.75) is 39.0 Å². The number of halogens is 2. The average molecular weight is 414 g/mol. The molecule has 0 bridgehead atoms. The minimum Gasteiger partial charge on any atom is -0.489 e. The highest BCUT2D eigenvalue weighted by molar-refractivity contribution is 6.42. The lowest BCUT2D eigenvalue weighted by molar-refractivity contribution is 0.306. The van der Waals surface area contributed by atoms with Crippen LogP contribution < -0.4 is 10.1 Å². The van der Waals surface area contributed by atoms with Crippen molar-refractivity contribution in [3.8, 4) is 5.75 Å². The van der Waals surface area contributed by atoms with Crippen LogP contribution in [0.2, 0.25) is 10.0 Å². The van der Waals surface area contributed by atoms with Crippen LogP contribution in [-0.2, 0) is 19.6 Å². The van der Waals surface area contributed by atoms with Gasteiger partial charge in [-0.1, -0.05) is 71.7 Å². The maximum absolute atomic E-state index is 6.04. The summed E-state index contributed by atoms with van der Waals surface area (Å²) in [4.78, 5) is 0.